The smallest absolute Gasteiger partial charge is 0.338 e. The Hall–Kier alpha value is -3.33. The van der Waals surface area contributed by atoms with E-state index in [1.54, 1.807) is 31.2 Å². The number of amides is 1. The van der Waals surface area contributed by atoms with Crippen molar-refractivity contribution in [2.24, 2.45) is 0 Å². The predicted octanol–water partition coefficient (Wildman–Crippen LogP) is 3.45. The molecule has 3 rings (SSSR count). The largest absolute Gasteiger partial charge is 0.462 e. The number of carbonyl (C=O) groups is 2. The lowest BCUT2D eigenvalue weighted by atomic mass is 10.2. The molecule has 0 unspecified atom stereocenters. The number of aromatic nitrogens is 3. The van der Waals surface area contributed by atoms with Crippen LogP contribution in [0.2, 0.25) is 0 Å². The third kappa shape index (κ3) is 5.18. The van der Waals surface area contributed by atoms with Crippen LogP contribution in [0.1, 0.15) is 24.2 Å². The quantitative estimate of drug-likeness (QED) is 0.323. The maximum atomic E-state index is 12.3. The number of anilines is 2. The zero-order valence-electron chi connectivity index (χ0n) is 16.8. The first-order chi connectivity index (χ1) is 14.5. The highest BCUT2D eigenvalue weighted by atomic mass is 32.2. The van der Waals surface area contributed by atoms with E-state index in [0.717, 1.165) is 5.56 Å². The van der Waals surface area contributed by atoms with E-state index in [-0.39, 0.29) is 17.6 Å². The highest BCUT2D eigenvalue weighted by molar-refractivity contribution is 7.99. The Morgan fingerprint density at radius 3 is 2.57 bits per heavy atom. The molecule has 1 amide bonds. The fourth-order valence-corrected chi connectivity index (χ4v) is 3.61. The molecular formula is C21H23N5O3S. The summed E-state index contributed by atoms with van der Waals surface area (Å²) in [5.74, 6) is 0.317. The number of benzene rings is 2. The third-order valence-electron chi connectivity index (χ3n) is 4.19. The molecule has 0 saturated heterocycles. The summed E-state index contributed by atoms with van der Waals surface area (Å²) >= 11 is 1.31. The number of nitrogens with one attached hydrogen (secondary N) is 1. The molecule has 3 N–H and O–H groups in total. The maximum absolute atomic E-state index is 12.3. The fraction of sp³-hybridized carbons (Fsp3) is 0.238. The molecule has 1 aromatic heterocycles. The Kier molecular flexibility index (Phi) is 7.08. The Morgan fingerprint density at radius 2 is 1.90 bits per heavy atom. The number of thioether (sulfide) groups is 1. The van der Waals surface area contributed by atoms with Crippen LogP contribution in [0.4, 0.5) is 11.4 Å². The summed E-state index contributed by atoms with van der Waals surface area (Å²) in [6, 6.07) is 14.0. The van der Waals surface area contributed by atoms with Crippen molar-refractivity contribution in [3.05, 3.63) is 54.1 Å². The van der Waals surface area contributed by atoms with Crippen LogP contribution in [0.25, 0.3) is 11.4 Å². The molecule has 2 aromatic carbocycles. The zero-order chi connectivity index (χ0) is 21.5. The molecule has 9 heteroatoms. The third-order valence-corrected chi connectivity index (χ3v) is 5.16. The van der Waals surface area contributed by atoms with Gasteiger partial charge in [0.25, 0.3) is 0 Å². The van der Waals surface area contributed by atoms with Crippen LogP contribution in [0, 0.1) is 0 Å². The van der Waals surface area contributed by atoms with Crippen molar-refractivity contribution >= 4 is 35.0 Å². The molecule has 0 atom stereocenters. The van der Waals surface area contributed by atoms with E-state index >= 15 is 0 Å². The molecule has 0 fully saturated rings. The lowest BCUT2D eigenvalue weighted by Crippen LogP contribution is -2.15. The van der Waals surface area contributed by atoms with Gasteiger partial charge in [-0.1, -0.05) is 23.9 Å². The second kappa shape index (κ2) is 9.93. The summed E-state index contributed by atoms with van der Waals surface area (Å²) in [5.41, 5.74) is 8.44. The lowest BCUT2D eigenvalue weighted by Gasteiger charge is -2.08. The molecule has 0 aliphatic carbocycles. The van der Waals surface area contributed by atoms with Crippen molar-refractivity contribution in [2.75, 3.05) is 23.4 Å². The molecule has 8 nitrogen and oxygen atoms in total. The standard InChI is InChI=1S/C21H23N5O3S/c1-3-26-19(15-6-5-7-16(22)12-15)24-25-21(26)30-13-18(27)23-17-10-8-14(9-11-17)20(28)29-4-2/h5-12H,3-4,13,22H2,1-2H3,(H,23,27). The lowest BCUT2D eigenvalue weighted by molar-refractivity contribution is -0.113. The van der Waals surface area contributed by atoms with Crippen LogP contribution in [0.5, 0.6) is 0 Å². The average Bonchev–Trinajstić information content (AvgIpc) is 3.16. The van der Waals surface area contributed by atoms with Crippen LogP contribution in [-0.4, -0.2) is 39.0 Å². The minimum atomic E-state index is -0.388. The summed E-state index contributed by atoms with van der Waals surface area (Å²) in [5, 5.41) is 12.0. The highest BCUT2D eigenvalue weighted by Gasteiger charge is 2.15. The van der Waals surface area contributed by atoms with E-state index in [2.05, 4.69) is 15.5 Å². The Labute approximate surface area is 178 Å². The van der Waals surface area contributed by atoms with Gasteiger partial charge in [0.05, 0.1) is 17.9 Å². The van der Waals surface area contributed by atoms with Gasteiger partial charge in [0.1, 0.15) is 0 Å². The first-order valence-electron chi connectivity index (χ1n) is 9.50. The minimum absolute atomic E-state index is 0.175. The summed E-state index contributed by atoms with van der Waals surface area (Å²) in [7, 11) is 0. The van der Waals surface area contributed by atoms with Crippen LogP contribution in [-0.2, 0) is 16.1 Å². The predicted molar refractivity (Wildman–Crippen MR) is 117 cm³/mol. The number of nitrogens with two attached hydrogens (primary N) is 1. The van der Waals surface area contributed by atoms with E-state index in [9.17, 15) is 9.59 Å². The normalized spacial score (nSPS) is 10.6. The molecular weight excluding hydrogens is 402 g/mol. The molecule has 0 bridgehead atoms. The van der Waals surface area contributed by atoms with Crippen LogP contribution < -0.4 is 11.1 Å². The van der Waals surface area contributed by atoms with Crippen molar-refractivity contribution in [1.29, 1.82) is 0 Å². The van der Waals surface area contributed by atoms with Gasteiger partial charge in [-0.25, -0.2) is 4.79 Å². The topological polar surface area (TPSA) is 112 Å². The number of nitrogen functional groups attached to an aromatic ring is 1. The highest BCUT2D eigenvalue weighted by Crippen LogP contribution is 2.25. The van der Waals surface area contributed by atoms with E-state index in [1.165, 1.54) is 11.8 Å². The number of rotatable bonds is 8. The molecule has 0 aliphatic rings. The summed E-state index contributed by atoms with van der Waals surface area (Å²) in [6.45, 7) is 4.73. The number of ether oxygens (including phenoxy) is 1. The fourth-order valence-electron chi connectivity index (χ4n) is 2.80. The van der Waals surface area contributed by atoms with Gasteiger partial charge in [0, 0.05) is 23.5 Å². The summed E-state index contributed by atoms with van der Waals surface area (Å²) < 4.78 is 6.89. The van der Waals surface area contributed by atoms with Crippen LogP contribution >= 0.6 is 11.8 Å². The molecule has 3 aromatic rings. The van der Waals surface area contributed by atoms with Crippen molar-refractivity contribution in [3.63, 3.8) is 0 Å². The van der Waals surface area contributed by atoms with Crippen molar-refractivity contribution in [1.82, 2.24) is 14.8 Å². The van der Waals surface area contributed by atoms with E-state index in [1.807, 2.05) is 35.8 Å². The van der Waals surface area contributed by atoms with Gasteiger partial charge in [-0.15, -0.1) is 10.2 Å². The number of nitrogens with zero attached hydrogens (tertiary/aromatic N) is 3. The maximum Gasteiger partial charge on any atom is 0.338 e. The molecule has 1 heterocycles. The van der Waals surface area contributed by atoms with E-state index in [4.69, 9.17) is 10.5 Å². The van der Waals surface area contributed by atoms with Gasteiger partial charge >= 0.3 is 5.97 Å². The Morgan fingerprint density at radius 1 is 1.13 bits per heavy atom. The second-order valence-electron chi connectivity index (χ2n) is 6.31. The number of hydrogen-bond acceptors (Lipinski definition) is 7. The molecule has 156 valence electrons. The van der Waals surface area contributed by atoms with Gasteiger partial charge in [-0.2, -0.15) is 0 Å². The van der Waals surface area contributed by atoms with E-state index < -0.39 is 0 Å². The molecule has 30 heavy (non-hydrogen) atoms. The molecule has 0 aliphatic heterocycles. The molecule has 0 spiro atoms. The number of esters is 1. The monoisotopic (exact) mass is 425 g/mol. The Bertz CT molecular complexity index is 1030. The first-order valence-corrected chi connectivity index (χ1v) is 10.5. The number of hydrogen-bond donors (Lipinski definition) is 2. The van der Waals surface area contributed by atoms with Gasteiger partial charge in [0.2, 0.25) is 5.91 Å². The van der Waals surface area contributed by atoms with Crippen molar-refractivity contribution < 1.29 is 14.3 Å². The van der Waals surface area contributed by atoms with Crippen molar-refractivity contribution in [3.8, 4) is 11.4 Å². The van der Waals surface area contributed by atoms with Crippen molar-refractivity contribution in [2.45, 2.75) is 25.5 Å². The minimum Gasteiger partial charge on any atom is -0.462 e. The SMILES string of the molecule is CCOC(=O)c1ccc(NC(=O)CSc2nnc(-c3cccc(N)c3)n2CC)cc1. The molecule has 0 saturated carbocycles. The van der Waals surface area contributed by atoms with Crippen LogP contribution in [0.3, 0.4) is 0 Å². The zero-order valence-corrected chi connectivity index (χ0v) is 17.6. The van der Waals surface area contributed by atoms with Gasteiger partial charge in [-0.05, 0) is 50.2 Å². The second-order valence-corrected chi connectivity index (χ2v) is 7.25. The number of carbonyl (C=O) groups excluding carboxylic acids is 2. The van der Waals surface area contributed by atoms with Crippen LogP contribution in [0.15, 0.2) is 53.7 Å². The van der Waals surface area contributed by atoms with Gasteiger partial charge < -0.3 is 20.4 Å². The van der Waals surface area contributed by atoms with Gasteiger partial charge in [0.15, 0.2) is 11.0 Å². The average molecular weight is 426 g/mol. The van der Waals surface area contributed by atoms with E-state index in [0.29, 0.717) is 41.1 Å². The molecule has 0 radical (unpaired) electrons. The Balaban J connectivity index is 1.62. The summed E-state index contributed by atoms with van der Waals surface area (Å²) in [6.07, 6.45) is 0. The summed E-state index contributed by atoms with van der Waals surface area (Å²) in [4.78, 5) is 24.0. The first kappa shape index (κ1) is 21.4. The van der Waals surface area contributed by atoms with Gasteiger partial charge in [-0.3, -0.25) is 4.79 Å².